The Morgan fingerprint density at radius 2 is 1.65 bits per heavy atom. The largest absolute Gasteiger partial charge is 0.508 e. The van der Waals surface area contributed by atoms with Gasteiger partial charge in [-0.05, 0) is 60.9 Å². The third kappa shape index (κ3) is 6.22. The molecular weight excluding hydrogens is 560 g/mol. The van der Waals surface area contributed by atoms with Gasteiger partial charge in [-0.1, -0.05) is 6.42 Å². The number of hydroxylamine groups is 2. The number of phenolic OH excluding ortho intramolecular Hbond substituents is 1. The number of carbonyl (C=O) groups excluding carboxylic acids is 4. The number of imide groups is 1. The van der Waals surface area contributed by atoms with E-state index < -0.39 is 29.7 Å². The van der Waals surface area contributed by atoms with E-state index in [-0.39, 0.29) is 65.0 Å². The minimum absolute atomic E-state index is 0.00189. The molecule has 0 saturated carbocycles. The number of phenols is 1. The lowest BCUT2D eigenvalue weighted by Gasteiger charge is -2.17. The second-order valence-electron chi connectivity index (χ2n) is 9.99. The highest BCUT2D eigenvalue weighted by Gasteiger charge is 2.32. The number of fused-ring (bicyclic) bond motifs is 2. The minimum atomic E-state index is -1.22. The number of amides is 3. The molecule has 0 radical (unpaired) electrons. The third-order valence-electron chi connectivity index (χ3n) is 7.00. The lowest BCUT2D eigenvalue weighted by molar-refractivity contribution is -0.197. The van der Waals surface area contributed by atoms with Gasteiger partial charge in [0.05, 0.1) is 5.56 Å². The third-order valence-corrected chi connectivity index (χ3v) is 7.00. The molecule has 0 unspecified atom stereocenters. The van der Waals surface area contributed by atoms with Crippen molar-refractivity contribution in [3.05, 3.63) is 75.9 Å². The van der Waals surface area contributed by atoms with Crippen LogP contribution in [-0.2, 0) is 19.2 Å². The predicted molar refractivity (Wildman–Crippen MR) is 151 cm³/mol. The molecule has 0 bridgehead atoms. The van der Waals surface area contributed by atoms with Crippen molar-refractivity contribution in [3.63, 3.8) is 0 Å². The average molecular weight is 587 g/mol. The summed E-state index contributed by atoms with van der Waals surface area (Å²) in [6.45, 7) is 0.272. The number of carboxylic acid groups (broad SMARTS) is 1. The molecule has 1 fully saturated rings. The lowest BCUT2D eigenvalue weighted by Crippen LogP contribution is -2.31. The number of benzene rings is 3. The Morgan fingerprint density at radius 1 is 0.884 bits per heavy atom. The van der Waals surface area contributed by atoms with Crippen LogP contribution in [0.5, 0.6) is 5.75 Å². The molecule has 1 saturated heterocycles. The molecule has 3 aliphatic rings. The number of hydrogen-bond donors (Lipinski definition) is 3. The quantitative estimate of drug-likeness (QED) is 0.140. The summed E-state index contributed by atoms with van der Waals surface area (Å²) in [5.41, 5.74) is 1.13. The lowest BCUT2D eigenvalue weighted by atomic mass is 9.89. The van der Waals surface area contributed by atoms with E-state index in [2.05, 4.69) is 5.32 Å². The van der Waals surface area contributed by atoms with Crippen LogP contribution in [0.2, 0.25) is 0 Å². The zero-order chi connectivity index (χ0) is 30.7. The highest BCUT2D eigenvalue weighted by molar-refractivity contribution is 6.09. The molecule has 3 N–H and O–H groups in total. The molecule has 43 heavy (non-hydrogen) atoms. The van der Waals surface area contributed by atoms with Crippen molar-refractivity contribution in [2.75, 3.05) is 6.54 Å². The van der Waals surface area contributed by atoms with Crippen LogP contribution in [-0.4, -0.2) is 51.5 Å². The Labute approximate surface area is 243 Å². The smallest absolute Gasteiger partial charge is 0.336 e. The van der Waals surface area contributed by atoms with E-state index in [0.29, 0.717) is 40.8 Å². The fraction of sp³-hybridized carbons (Fsp3) is 0.226. The molecular formula is C31H26N2O10. The molecule has 2 heterocycles. The molecule has 2 aromatic rings. The van der Waals surface area contributed by atoms with Crippen molar-refractivity contribution in [2.24, 2.45) is 0 Å². The van der Waals surface area contributed by atoms with Gasteiger partial charge in [0, 0.05) is 60.0 Å². The number of carbonyl (C=O) groups is 5. The molecule has 0 atom stereocenters. The van der Waals surface area contributed by atoms with Crippen LogP contribution in [0.1, 0.15) is 59.2 Å². The highest BCUT2D eigenvalue weighted by Crippen LogP contribution is 2.42. The van der Waals surface area contributed by atoms with Crippen molar-refractivity contribution >= 4 is 40.6 Å². The van der Waals surface area contributed by atoms with Gasteiger partial charge in [0.2, 0.25) is 0 Å². The van der Waals surface area contributed by atoms with E-state index in [4.69, 9.17) is 9.25 Å². The first kappa shape index (κ1) is 29.0. The van der Waals surface area contributed by atoms with E-state index >= 15 is 0 Å². The number of aromatic carboxylic acids is 1. The van der Waals surface area contributed by atoms with Gasteiger partial charge in [-0.15, -0.1) is 5.06 Å². The van der Waals surface area contributed by atoms with Gasteiger partial charge in [-0.25, -0.2) is 9.59 Å². The maximum Gasteiger partial charge on any atom is 0.336 e. The molecule has 2 aromatic carbocycles. The Morgan fingerprint density at radius 3 is 2.40 bits per heavy atom. The number of rotatable bonds is 10. The van der Waals surface area contributed by atoms with Gasteiger partial charge in [0.15, 0.2) is 5.43 Å². The molecule has 5 rings (SSSR count). The second kappa shape index (κ2) is 12.1. The van der Waals surface area contributed by atoms with E-state index in [1.165, 1.54) is 48.5 Å². The maximum atomic E-state index is 13.0. The second-order valence-corrected chi connectivity index (χ2v) is 9.99. The summed E-state index contributed by atoms with van der Waals surface area (Å²) in [4.78, 5) is 77.1. The summed E-state index contributed by atoms with van der Waals surface area (Å²) in [7, 11) is 0. The molecule has 1 aliphatic carbocycles. The number of carboxylic acids is 1. The molecule has 220 valence electrons. The van der Waals surface area contributed by atoms with Crippen LogP contribution in [0, 0.1) is 0 Å². The van der Waals surface area contributed by atoms with Crippen molar-refractivity contribution in [2.45, 2.75) is 38.5 Å². The molecule has 0 aromatic heterocycles. The zero-order valence-electron chi connectivity index (χ0n) is 22.8. The van der Waals surface area contributed by atoms with E-state index in [1.54, 1.807) is 6.07 Å². The number of nitrogens with zero attached hydrogens (tertiary/aromatic N) is 1. The Balaban J connectivity index is 1.30. The maximum absolute atomic E-state index is 13.0. The van der Waals surface area contributed by atoms with Crippen LogP contribution < -0.4 is 10.7 Å². The van der Waals surface area contributed by atoms with Crippen molar-refractivity contribution in [1.29, 1.82) is 0 Å². The Hall–Kier alpha value is -5.52. The van der Waals surface area contributed by atoms with Crippen molar-refractivity contribution in [3.8, 4) is 28.2 Å². The summed E-state index contributed by atoms with van der Waals surface area (Å²) < 4.78 is 5.84. The van der Waals surface area contributed by atoms with E-state index in [0.717, 1.165) is 0 Å². The van der Waals surface area contributed by atoms with E-state index in [9.17, 15) is 39.0 Å². The van der Waals surface area contributed by atoms with Gasteiger partial charge in [0.25, 0.3) is 17.7 Å². The standard InChI is InChI=1S/C31H26N2O10/c34-18-6-9-21-24(15-18)42-25-16-19(35)7-10-22(25)29(21)23-14-17(5-8-20(23)31(40)41)30(39)32-13-3-1-2-4-28(38)43-33-26(36)11-12-27(33)37/h5-10,14-16,34H,1-4,11-13H2,(H,32,39)(H,40,41). The summed E-state index contributed by atoms with van der Waals surface area (Å²) in [5, 5.41) is 23.7. The van der Waals surface area contributed by atoms with Crippen LogP contribution >= 0.6 is 0 Å². The van der Waals surface area contributed by atoms with Gasteiger partial charge in [-0.3, -0.25) is 19.2 Å². The summed E-state index contributed by atoms with van der Waals surface area (Å²) >= 11 is 0. The average Bonchev–Trinajstić information content (AvgIpc) is 3.29. The SMILES string of the molecule is O=C(CCCCCNC(=O)c1ccc(C(=O)O)c(-c2c3ccc(=O)cc-3oc3cc(O)ccc23)c1)ON1C(=O)CCC1=O. The fourth-order valence-corrected chi connectivity index (χ4v) is 4.91. The zero-order valence-corrected chi connectivity index (χ0v) is 22.8. The first-order valence-electron chi connectivity index (χ1n) is 13.5. The monoisotopic (exact) mass is 586 g/mol. The predicted octanol–water partition coefficient (Wildman–Crippen LogP) is 3.87. The normalized spacial score (nSPS) is 13.1. The van der Waals surface area contributed by atoms with Gasteiger partial charge in [-0.2, -0.15) is 0 Å². The molecule has 3 amide bonds. The van der Waals surface area contributed by atoms with Gasteiger partial charge in [0.1, 0.15) is 17.1 Å². The summed E-state index contributed by atoms with van der Waals surface area (Å²) in [5.74, 6) is -3.33. The van der Waals surface area contributed by atoms with Crippen molar-refractivity contribution < 1.29 is 43.4 Å². The van der Waals surface area contributed by atoms with E-state index in [1.807, 2.05) is 0 Å². The molecule has 12 nitrogen and oxygen atoms in total. The molecule has 12 heteroatoms. The Bertz CT molecular complexity index is 1790. The number of aromatic hydroxyl groups is 1. The van der Waals surface area contributed by atoms with Crippen LogP contribution in [0.15, 0.2) is 63.8 Å². The number of hydrogen-bond acceptors (Lipinski definition) is 9. The topological polar surface area (TPSA) is 181 Å². The molecule has 2 aliphatic heterocycles. The highest BCUT2D eigenvalue weighted by atomic mass is 16.7. The minimum Gasteiger partial charge on any atom is -0.508 e. The molecule has 0 spiro atoms. The van der Waals surface area contributed by atoms with Gasteiger partial charge >= 0.3 is 11.9 Å². The van der Waals surface area contributed by atoms with Crippen LogP contribution in [0.4, 0.5) is 0 Å². The van der Waals surface area contributed by atoms with Crippen LogP contribution in [0.3, 0.4) is 0 Å². The Kier molecular flexibility index (Phi) is 8.19. The van der Waals surface area contributed by atoms with Crippen LogP contribution in [0.25, 0.3) is 33.4 Å². The number of unbranched alkanes of at least 4 members (excludes halogenated alkanes) is 2. The first-order valence-corrected chi connectivity index (χ1v) is 13.5. The fourth-order valence-electron chi connectivity index (χ4n) is 4.91. The van der Waals surface area contributed by atoms with Gasteiger partial charge < -0.3 is 24.8 Å². The number of nitrogens with one attached hydrogen (secondary N) is 1. The van der Waals surface area contributed by atoms with Crippen molar-refractivity contribution in [1.82, 2.24) is 10.4 Å². The summed E-state index contributed by atoms with van der Waals surface area (Å²) in [6.07, 6.45) is 1.54. The first-order chi connectivity index (χ1) is 20.6. The summed E-state index contributed by atoms with van der Waals surface area (Å²) in [6, 6.07) is 12.7.